The number of nitrogens with zero attached hydrogens (tertiary/aromatic N) is 1. The summed E-state index contributed by atoms with van der Waals surface area (Å²) < 4.78 is 25.1. The fraction of sp³-hybridized carbons (Fsp3) is 0.176. The first-order valence-corrected chi connectivity index (χ1v) is 9.38. The number of anilines is 1. The zero-order chi connectivity index (χ0) is 19.3. The van der Waals surface area contributed by atoms with Crippen molar-refractivity contribution in [3.8, 4) is 0 Å². The monoisotopic (exact) mass is 395 g/mol. The minimum atomic E-state index is -3.51. The quantitative estimate of drug-likeness (QED) is 0.755. The molecule has 2 aromatic carbocycles. The number of sulfonamides is 1. The van der Waals surface area contributed by atoms with Gasteiger partial charge in [0.2, 0.25) is 10.0 Å². The summed E-state index contributed by atoms with van der Waals surface area (Å²) in [6, 6.07) is 12.5. The molecule has 0 spiro atoms. The topological polar surface area (TPSA) is 95.6 Å². The van der Waals surface area contributed by atoms with Crippen LogP contribution in [0.15, 0.2) is 53.4 Å². The van der Waals surface area contributed by atoms with Crippen LogP contribution in [-0.2, 0) is 26.2 Å². The molecule has 0 atom stereocenters. The molecule has 0 radical (unpaired) electrons. The molecule has 0 aliphatic carbocycles. The van der Waals surface area contributed by atoms with Crippen LogP contribution in [0, 0.1) is 0 Å². The van der Waals surface area contributed by atoms with E-state index >= 15 is 0 Å². The molecule has 0 bridgehead atoms. The summed E-state index contributed by atoms with van der Waals surface area (Å²) in [6.07, 6.45) is 0. The third-order valence-electron chi connectivity index (χ3n) is 3.44. The number of hydrogen-bond donors (Lipinski definition) is 2. The lowest BCUT2D eigenvalue weighted by Gasteiger charge is -2.12. The number of benzene rings is 2. The Kier molecular flexibility index (Phi) is 6.36. The molecule has 2 amide bonds. The van der Waals surface area contributed by atoms with Crippen molar-refractivity contribution in [2.24, 2.45) is 0 Å². The first kappa shape index (κ1) is 19.9. The van der Waals surface area contributed by atoms with Crippen molar-refractivity contribution in [1.29, 1.82) is 0 Å². The van der Waals surface area contributed by atoms with E-state index in [9.17, 15) is 18.0 Å². The van der Waals surface area contributed by atoms with Crippen molar-refractivity contribution in [1.82, 2.24) is 9.62 Å². The van der Waals surface area contributed by atoms with Crippen LogP contribution in [0.4, 0.5) is 5.69 Å². The highest BCUT2D eigenvalue weighted by molar-refractivity contribution is 7.89. The van der Waals surface area contributed by atoms with Crippen LogP contribution >= 0.6 is 11.6 Å². The van der Waals surface area contributed by atoms with Crippen LogP contribution in [0.5, 0.6) is 0 Å². The van der Waals surface area contributed by atoms with E-state index < -0.39 is 21.8 Å². The molecule has 26 heavy (non-hydrogen) atoms. The molecule has 0 saturated carbocycles. The summed E-state index contributed by atoms with van der Waals surface area (Å²) in [5, 5.41) is 5.35. The summed E-state index contributed by atoms with van der Waals surface area (Å²) in [5.41, 5.74) is 1.07. The summed E-state index contributed by atoms with van der Waals surface area (Å²) in [7, 11) is -0.613. The highest BCUT2D eigenvalue weighted by atomic mass is 35.5. The maximum Gasteiger partial charge on any atom is 0.313 e. The summed E-state index contributed by atoms with van der Waals surface area (Å²) in [4.78, 5) is 23.9. The Bertz CT molecular complexity index is 912. The maximum atomic E-state index is 12.0. The largest absolute Gasteiger partial charge is 0.344 e. The minimum absolute atomic E-state index is 0.0874. The van der Waals surface area contributed by atoms with Crippen LogP contribution in [0.2, 0.25) is 5.02 Å². The van der Waals surface area contributed by atoms with Gasteiger partial charge in [0, 0.05) is 31.4 Å². The SMILES string of the molecule is CN(C)S(=O)(=O)c1ccc(CNC(=O)C(=O)Nc2cccc(Cl)c2)cc1. The fourth-order valence-electron chi connectivity index (χ4n) is 2.01. The maximum absolute atomic E-state index is 12.0. The molecule has 0 heterocycles. The molecule has 0 fully saturated rings. The Hall–Kier alpha value is -2.42. The average Bonchev–Trinajstić information content (AvgIpc) is 2.59. The number of carbonyl (C=O) groups is 2. The number of amides is 2. The van der Waals surface area contributed by atoms with E-state index in [1.54, 1.807) is 30.3 Å². The lowest BCUT2D eigenvalue weighted by molar-refractivity contribution is -0.136. The molecule has 0 aliphatic rings. The van der Waals surface area contributed by atoms with Crippen molar-refractivity contribution in [2.75, 3.05) is 19.4 Å². The molecule has 0 aromatic heterocycles. The summed E-state index contributed by atoms with van der Waals surface area (Å²) in [6.45, 7) is 0.0874. The van der Waals surface area contributed by atoms with Gasteiger partial charge in [0.25, 0.3) is 0 Å². The molecule has 2 aromatic rings. The number of hydrogen-bond acceptors (Lipinski definition) is 4. The van der Waals surface area contributed by atoms with Gasteiger partial charge in [-0.25, -0.2) is 12.7 Å². The Balaban J connectivity index is 1.94. The van der Waals surface area contributed by atoms with Gasteiger partial charge in [-0.05, 0) is 35.9 Å². The van der Waals surface area contributed by atoms with Gasteiger partial charge >= 0.3 is 11.8 Å². The van der Waals surface area contributed by atoms with Gasteiger partial charge in [0.1, 0.15) is 0 Å². The number of nitrogens with one attached hydrogen (secondary N) is 2. The van der Waals surface area contributed by atoms with Gasteiger partial charge in [0.05, 0.1) is 4.90 Å². The van der Waals surface area contributed by atoms with E-state index in [1.807, 2.05) is 0 Å². The lowest BCUT2D eigenvalue weighted by atomic mass is 10.2. The van der Waals surface area contributed by atoms with Crippen LogP contribution < -0.4 is 10.6 Å². The Labute approximate surface area is 157 Å². The smallest absolute Gasteiger partial charge is 0.313 e. The molecule has 0 aliphatic heterocycles. The van der Waals surface area contributed by atoms with Crippen molar-refractivity contribution in [3.63, 3.8) is 0 Å². The van der Waals surface area contributed by atoms with Gasteiger partial charge in [-0.2, -0.15) is 0 Å². The summed E-state index contributed by atoms with van der Waals surface area (Å²) >= 11 is 5.82. The van der Waals surface area contributed by atoms with Gasteiger partial charge < -0.3 is 10.6 Å². The average molecular weight is 396 g/mol. The molecule has 138 valence electrons. The molecular weight excluding hydrogens is 378 g/mol. The van der Waals surface area contributed by atoms with Crippen LogP contribution in [0.1, 0.15) is 5.56 Å². The number of carbonyl (C=O) groups excluding carboxylic acids is 2. The molecule has 0 unspecified atom stereocenters. The molecule has 0 saturated heterocycles. The fourth-order valence-corrected chi connectivity index (χ4v) is 3.10. The molecule has 2 N–H and O–H groups in total. The van der Waals surface area contributed by atoms with Crippen molar-refractivity contribution >= 4 is 39.1 Å². The molecular formula is C17H18ClN3O4S. The van der Waals surface area contributed by atoms with E-state index in [4.69, 9.17) is 11.6 Å². The zero-order valence-electron chi connectivity index (χ0n) is 14.2. The van der Waals surface area contributed by atoms with Crippen LogP contribution in [-0.4, -0.2) is 38.6 Å². The summed E-state index contributed by atoms with van der Waals surface area (Å²) in [5.74, 6) is -1.63. The van der Waals surface area contributed by atoms with Gasteiger partial charge in [-0.15, -0.1) is 0 Å². The number of halogens is 1. The molecule has 2 rings (SSSR count). The predicted octanol–water partition coefficient (Wildman–Crippen LogP) is 1.85. The standard InChI is InChI=1S/C17H18ClN3O4S/c1-21(2)26(24,25)15-8-6-12(7-9-15)11-19-16(22)17(23)20-14-5-3-4-13(18)10-14/h3-10H,11H2,1-2H3,(H,19,22)(H,20,23). The van der Waals surface area contributed by atoms with Crippen LogP contribution in [0.25, 0.3) is 0 Å². The third-order valence-corrected chi connectivity index (χ3v) is 5.51. The van der Waals surface area contributed by atoms with E-state index in [0.29, 0.717) is 16.3 Å². The van der Waals surface area contributed by atoms with Crippen molar-refractivity contribution in [2.45, 2.75) is 11.4 Å². The second-order valence-corrected chi connectivity index (χ2v) is 8.17. The first-order chi connectivity index (χ1) is 12.2. The van der Waals surface area contributed by atoms with E-state index in [-0.39, 0.29) is 11.4 Å². The second-order valence-electron chi connectivity index (χ2n) is 5.58. The van der Waals surface area contributed by atoms with E-state index in [1.165, 1.54) is 32.3 Å². The van der Waals surface area contributed by atoms with Crippen molar-refractivity contribution in [3.05, 3.63) is 59.1 Å². The highest BCUT2D eigenvalue weighted by Crippen LogP contribution is 2.15. The Morgan fingerprint density at radius 2 is 1.69 bits per heavy atom. The highest BCUT2D eigenvalue weighted by Gasteiger charge is 2.17. The molecule has 7 nitrogen and oxygen atoms in total. The van der Waals surface area contributed by atoms with Gasteiger partial charge in [-0.1, -0.05) is 29.8 Å². The first-order valence-electron chi connectivity index (χ1n) is 7.56. The minimum Gasteiger partial charge on any atom is -0.344 e. The normalized spacial score (nSPS) is 11.2. The van der Waals surface area contributed by atoms with E-state index in [2.05, 4.69) is 10.6 Å². The second kappa shape index (κ2) is 8.31. The third kappa shape index (κ3) is 5.04. The van der Waals surface area contributed by atoms with Crippen LogP contribution in [0.3, 0.4) is 0 Å². The van der Waals surface area contributed by atoms with Gasteiger partial charge in [0.15, 0.2) is 0 Å². The zero-order valence-corrected chi connectivity index (χ0v) is 15.8. The number of rotatable bonds is 5. The van der Waals surface area contributed by atoms with Crippen molar-refractivity contribution < 1.29 is 18.0 Å². The van der Waals surface area contributed by atoms with Gasteiger partial charge in [-0.3, -0.25) is 9.59 Å². The van der Waals surface area contributed by atoms with E-state index in [0.717, 1.165) is 4.31 Å². The Morgan fingerprint density at radius 3 is 2.27 bits per heavy atom. The predicted molar refractivity (Wildman–Crippen MR) is 99.2 cm³/mol. The lowest BCUT2D eigenvalue weighted by Crippen LogP contribution is -2.34. The molecule has 9 heteroatoms. The Morgan fingerprint density at radius 1 is 1.04 bits per heavy atom.